The minimum atomic E-state index is 0.824. The molecule has 0 amide bonds. The van der Waals surface area contributed by atoms with Crippen LogP contribution >= 0.6 is 0 Å². The van der Waals surface area contributed by atoms with Crippen molar-refractivity contribution in [2.45, 2.75) is 13.8 Å². The summed E-state index contributed by atoms with van der Waals surface area (Å²) in [4.78, 5) is 0. The second-order valence-corrected chi connectivity index (χ2v) is 7.34. The van der Waals surface area contributed by atoms with Crippen LogP contribution in [0.3, 0.4) is 0 Å². The Balaban J connectivity index is 1.50. The Morgan fingerprint density at radius 2 is 1.12 bits per heavy atom. The number of para-hydroxylation sites is 1. The molecule has 0 fully saturated rings. The van der Waals surface area contributed by atoms with Crippen molar-refractivity contribution in [2.75, 3.05) is 0 Å². The topological polar surface area (TPSA) is 18.5 Å². The van der Waals surface area contributed by atoms with E-state index < -0.39 is 0 Å². The van der Waals surface area contributed by atoms with Crippen LogP contribution in [-0.4, -0.2) is 0 Å². The monoisotopic (exact) mass is 418 g/mol. The van der Waals surface area contributed by atoms with Gasteiger partial charge in [0, 0.05) is 0 Å². The van der Waals surface area contributed by atoms with Crippen LogP contribution < -0.4 is 9.47 Å². The molecule has 158 valence electrons. The van der Waals surface area contributed by atoms with Crippen molar-refractivity contribution in [1.82, 2.24) is 0 Å². The molecule has 0 N–H and O–H groups in total. The third-order valence-corrected chi connectivity index (χ3v) is 5.07. The Hall–Kier alpha value is -4.04. The van der Waals surface area contributed by atoms with Gasteiger partial charge in [0.2, 0.25) is 0 Å². The van der Waals surface area contributed by atoms with E-state index in [0.717, 1.165) is 34.1 Å². The van der Waals surface area contributed by atoms with Crippen molar-refractivity contribution < 1.29 is 9.47 Å². The predicted octanol–water partition coefficient (Wildman–Crippen LogP) is 8.67. The summed E-state index contributed by atoms with van der Waals surface area (Å²) in [6.07, 6.45) is 5.87. The first-order valence-electron chi connectivity index (χ1n) is 10.8. The number of ether oxygens (including phenoxy) is 2. The summed E-state index contributed by atoms with van der Waals surface area (Å²) in [7, 11) is 0. The highest BCUT2D eigenvalue weighted by Crippen LogP contribution is 2.30. The smallest absolute Gasteiger partial charge is 0.127 e. The van der Waals surface area contributed by atoms with Crippen molar-refractivity contribution in [3.8, 4) is 39.5 Å². The SMILES string of the molecule is CC=CC(=CC)Oc1ccc(-c2cccc(-c3ccc(Oc4ccccc4)cc3)c2)cc1. The molecule has 0 atom stereocenters. The molecule has 0 aromatic heterocycles. The van der Waals surface area contributed by atoms with Crippen LogP contribution in [0.15, 0.2) is 127 Å². The van der Waals surface area contributed by atoms with E-state index in [4.69, 9.17) is 9.47 Å². The molecule has 0 spiro atoms. The van der Waals surface area contributed by atoms with Gasteiger partial charge in [0.05, 0.1) is 0 Å². The van der Waals surface area contributed by atoms with Crippen LogP contribution in [0.25, 0.3) is 22.3 Å². The van der Waals surface area contributed by atoms with E-state index in [0.29, 0.717) is 0 Å². The summed E-state index contributed by atoms with van der Waals surface area (Å²) in [5.74, 6) is 3.32. The summed E-state index contributed by atoms with van der Waals surface area (Å²) in [6, 6.07) is 34.8. The molecular formula is C30H26O2. The number of hydrogen-bond acceptors (Lipinski definition) is 2. The molecule has 4 aromatic carbocycles. The molecule has 0 unspecified atom stereocenters. The number of benzene rings is 4. The highest BCUT2D eigenvalue weighted by Gasteiger charge is 2.04. The fourth-order valence-corrected chi connectivity index (χ4v) is 3.42. The van der Waals surface area contributed by atoms with Gasteiger partial charge in [-0.3, -0.25) is 0 Å². The summed E-state index contributed by atoms with van der Waals surface area (Å²) in [5.41, 5.74) is 4.63. The van der Waals surface area contributed by atoms with E-state index in [-0.39, 0.29) is 0 Å². The lowest BCUT2D eigenvalue weighted by atomic mass is 9.99. The molecule has 2 nitrogen and oxygen atoms in total. The first-order valence-corrected chi connectivity index (χ1v) is 10.8. The van der Waals surface area contributed by atoms with Crippen molar-refractivity contribution in [3.63, 3.8) is 0 Å². The van der Waals surface area contributed by atoms with E-state index in [1.54, 1.807) is 0 Å². The minimum absolute atomic E-state index is 0.824. The normalized spacial score (nSPS) is 11.5. The van der Waals surface area contributed by atoms with Crippen LogP contribution in [0.4, 0.5) is 0 Å². The maximum absolute atomic E-state index is 5.90. The van der Waals surface area contributed by atoms with E-state index in [9.17, 15) is 0 Å². The maximum Gasteiger partial charge on any atom is 0.127 e. The molecule has 0 aliphatic carbocycles. The van der Waals surface area contributed by atoms with E-state index in [2.05, 4.69) is 48.5 Å². The average Bonchev–Trinajstić information content (AvgIpc) is 2.85. The molecule has 0 aliphatic heterocycles. The maximum atomic E-state index is 5.90. The molecule has 0 aliphatic rings. The van der Waals surface area contributed by atoms with Crippen LogP contribution in [0.1, 0.15) is 13.8 Å². The van der Waals surface area contributed by atoms with Crippen LogP contribution in [-0.2, 0) is 0 Å². The third kappa shape index (κ3) is 5.35. The Labute approximate surface area is 190 Å². The summed E-state index contributed by atoms with van der Waals surface area (Å²) >= 11 is 0. The van der Waals surface area contributed by atoms with Crippen molar-refractivity contribution >= 4 is 0 Å². The molecule has 4 aromatic rings. The van der Waals surface area contributed by atoms with Gasteiger partial charge in [-0.1, -0.05) is 66.7 Å². The molecule has 2 heteroatoms. The molecule has 32 heavy (non-hydrogen) atoms. The lowest BCUT2D eigenvalue weighted by molar-refractivity contribution is 0.443. The molecule has 0 saturated heterocycles. The molecular weight excluding hydrogens is 392 g/mol. The summed E-state index contributed by atoms with van der Waals surface area (Å²) in [6.45, 7) is 3.95. The van der Waals surface area contributed by atoms with Gasteiger partial charge >= 0.3 is 0 Å². The van der Waals surface area contributed by atoms with E-state index in [1.807, 2.05) is 86.7 Å². The summed E-state index contributed by atoms with van der Waals surface area (Å²) < 4.78 is 11.8. The van der Waals surface area contributed by atoms with Crippen molar-refractivity contribution in [2.24, 2.45) is 0 Å². The van der Waals surface area contributed by atoms with Crippen LogP contribution in [0.2, 0.25) is 0 Å². The third-order valence-electron chi connectivity index (χ3n) is 5.07. The second kappa shape index (κ2) is 10.3. The highest BCUT2D eigenvalue weighted by atomic mass is 16.5. The van der Waals surface area contributed by atoms with Gasteiger partial charge in [-0.25, -0.2) is 0 Å². The van der Waals surface area contributed by atoms with Gasteiger partial charge in [-0.2, -0.15) is 0 Å². The fraction of sp³-hybridized carbons (Fsp3) is 0.0667. The van der Waals surface area contributed by atoms with E-state index >= 15 is 0 Å². The van der Waals surface area contributed by atoms with Gasteiger partial charge in [-0.15, -0.1) is 0 Å². The Bertz CT molecular complexity index is 1200. The minimum Gasteiger partial charge on any atom is -0.458 e. The van der Waals surface area contributed by atoms with Crippen molar-refractivity contribution in [3.05, 3.63) is 127 Å². The predicted molar refractivity (Wildman–Crippen MR) is 133 cm³/mol. The Morgan fingerprint density at radius 3 is 1.69 bits per heavy atom. The Morgan fingerprint density at radius 1 is 0.562 bits per heavy atom. The van der Waals surface area contributed by atoms with Gasteiger partial charge in [0.1, 0.15) is 23.0 Å². The largest absolute Gasteiger partial charge is 0.458 e. The number of rotatable bonds is 7. The van der Waals surface area contributed by atoms with Gasteiger partial charge in [-0.05, 0) is 90.7 Å². The number of hydrogen-bond donors (Lipinski definition) is 0. The van der Waals surface area contributed by atoms with Crippen LogP contribution in [0.5, 0.6) is 17.2 Å². The highest BCUT2D eigenvalue weighted by molar-refractivity contribution is 5.73. The molecule has 0 bridgehead atoms. The zero-order valence-corrected chi connectivity index (χ0v) is 18.4. The summed E-state index contributed by atoms with van der Waals surface area (Å²) in [5, 5.41) is 0. The number of allylic oxidation sites excluding steroid dienone is 3. The first kappa shape index (κ1) is 21.2. The van der Waals surface area contributed by atoms with Crippen LogP contribution in [0, 0.1) is 0 Å². The molecule has 0 radical (unpaired) electrons. The molecule has 0 heterocycles. The van der Waals surface area contributed by atoms with Gasteiger partial charge < -0.3 is 9.47 Å². The van der Waals surface area contributed by atoms with Gasteiger partial charge in [0.25, 0.3) is 0 Å². The molecule has 0 saturated carbocycles. The second-order valence-electron chi connectivity index (χ2n) is 7.34. The fourth-order valence-electron chi connectivity index (χ4n) is 3.42. The lowest BCUT2D eigenvalue weighted by Gasteiger charge is -2.10. The van der Waals surface area contributed by atoms with E-state index in [1.165, 1.54) is 11.1 Å². The quantitative estimate of drug-likeness (QED) is 0.221. The van der Waals surface area contributed by atoms with Crippen molar-refractivity contribution in [1.29, 1.82) is 0 Å². The molecule has 4 rings (SSSR count). The average molecular weight is 419 g/mol. The zero-order valence-electron chi connectivity index (χ0n) is 18.4. The Kier molecular flexibility index (Phi) is 6.84. The lowest BCUT2D eigenvalue weighted by Crippen LogP contribution is -1.91. The zero-order chi connectivity index (χ0) is 22.2. The van der Waals surface area contributed by atoms with Gasteiger partial charge in [0.15, 0.2) is 0 Å². The first-order chi connectivity index (χ1) is 15.7. The standard InChI is InChI=1S/C30H26O2/c1-3-9-27(4-2)31-29-18-14-23(15-19-29)25-10-8-11-26(22-25)24-16-20-30(21-17-24)32-28-12-6-5-7-13-28/h3-22H,1-2H3.